The summed E-state index contributed by atoms with van der Waals surface area (Å²) in [5.41, 5.74) is -0.306. The molecule has 0 aliphatic carbocycles. The topological polar surface area (TPSA) is 152 Å². The number of aliphatic carboxylic acids is 3. The van der Waals surface area contributed by atoms with Gasteiger partial charge in [0.25, 0.3) is 0 Å². The van der Waals surface area contributed by atoms with Crippen molar-refractivity contribution in [3.63, 3.8) is 0 Å². The fraction of sp³-hybridized carbons (Fsp3) is 0.897. The molecule has 0 aromatic carbocycles. The molecule has 224 valence electrons. The summed E-state index contributed by atoms with van der Waals surface area (Å²) < 4.78 is 0. The lowest BCUT2D eigenvalue weighted by Crippen LogP contribution is -2.20. The molecule has 2 atom stereocenters. The van der Waals surface area contributed by atoms with Gasteiger partial charge in [-0.25, -0.2) is 0 Å². The highest BCUT2D eigenvalue weighted by atomic mass is 16.4. The van der Waals surface area contributed by atoms with Gasteiger partial charge in [0, 0.05) is 11.8 Å². The Balaban J connectivity index is -0.000000198. The van der Waals surface area contributed by atoms with Crippen LogP contribution in [-0.2, 0) is 14.4 Å². The first-order chi connectivity index (χ1) is 17.3. The van der Waals surface area contributed by atoms with Crippen molar-refractivity contribution < 1.29 is 39.9 Å². The molecule has 5 N–H and O–H groups in total. The van der Waals surface area contributed by atoms with Gasteiger partial charge in [-0.15, -0.1) is 0 Å². The summed E-state index contributed by atoms with van der Waals surface area (Å²) in [6.07, 6.45) is 13.3. The van der Waals surface area contributed by atoms with E-state index in [0.29, 0.717) is 6.42 Å². The van der Waals surface area contributed by atoms with E-state index in [9.17, 15) is 14.4 Å². The first-order valence-electron chi connectivity index (χ1n) is 14.2. The summed E-state index contributed by atoms with van der Waals surface area (Å²) in [6, 6.07) is 0. The van der Waals surface area contributed by atoms with E-state index < -0.39 is 17.9 Å². The van der Waals surface area contributed by atoms with Crippen LogP contribution in [0.2, 0.25) is 0 Å². The monoisotopic (exact) mass is 536 g/mol. The standard InChI is InChI=1S/3C8H16O2.C5H12O2/c2*1-3-5-6-7(4-2)8(9)10;1-2-3-4-5-6-7-8(9)10;1-5(2,3-6)4-7/h2*7H,3-6H2,1-2H3,(H,9,10);2-7H2,1H3,(H,9,10);6-7H,3-4H2,1-2H3. The molecular formula is C29H60O8. The van der Waals surface area contributed by atoms with E-state index in [1.54, 1.807) is 13.8 Å². The van der Waals surface area contributed by atoms with Crippen molar-refractivity contribution in [3.8, 4) is 0 Å². The zero-order valence-electron chi connectivity index (χ0n) is 24.9. The Kier molecular flexibility index (Phi) is 35.0. The molecular weight excluding hydrogens is 476 g/mol. The number of carbonyl (C=O) groups is 3. The van der Waals surface area contributed by atoms with E-state index in [2.05, 4.69) is 20.8 Å². The quantitative estimate of drug-likeness (QED) is 0.117. The molecule has 0 aliphatic heterocycles. The van der Waals surface area contributed by atoms with Crippen molar-refractivity contribution in [1.82, 2.24) is 0 Å². The lowest BCUT2D eigenvalue weighted by Gasteiger charge is -2.16. The minimum absolute atomic E-state index is 0.0451. The van der Waals surface area contributed by atoms with Gasteiger partial charge in [0.1, 0.15) is 0 Å². The second-order valence-corrected chi connectivity index (χ2v) is 10.2. The first-order valence-corrected chi connectivity index (χ1v) is 14.2. The van der Waals surface area contributed by atoms with Crippen molar-refractivity contribution >= 4 is 17.9 Å². The fourth-order valence-electron chi connectivity index (χ4n) is 2.84. The SMILES string of the molecule is CC(C)(CO)CO.CCCCC(CC)C(=O)O.CCCCC(CC)C(=O)O.CCCCCCCC(=O)O. The summed E-state index contributed by atoms with van der Waals surface area (Å²) >= 11 is 0. The molecule has 0 aromatic rings. The molecule has 0 bridgehead atoms. The molecule has 8 heteroatoms. The van der Waals surface area contributed by atoms with Gasteiger partial charge >= 0.3 is 17.9 Å². The van der Waals surface area contributed by atoms with E-state index in [-0.39, 0.29) is 30.5 Å². The van der Waals surface area contributed by atoms with Gasteiger partial charge in [-0.05, 0) is 32.1 Å². The Hall–Kier alpha value is -1.67. The third-order valence-corrected chi connectivity index (χ3v) is 5.85. The smallest absolute Gasteiger partial charge is 0.306 e. The fourth-order valence-corrected chi connectivity index (χ4v) is 2.84. The summed E-state index contributed by atoms with van der Waals surface area (Å²) in [5.74, 6) is -2.18. The third kappa shape index (κ3) is 36.6. The Morgan fingerprint density at radius 2 is 0.946 bits per heavy atom. The van der Waals surface area contributed by atoms with E-state index >= 15 is 0 Å². The van der Waals surface area contributed by atoms with Crippen molar-refractivity contribution in [2.24, 2.45) is 17.3 Å². The maximum absolute atomic E-state index is 10.4. The van der Waals surface area contributed by atoms with Crippen molar-refractivity contribution in [2.75, 3.05) is 13.2 Å². The van der Waals surface area contributed by atoms with Crippen LogP contribution in [-0.4, -0.2) is 56.7 Å². The second-order valence-electron chi connectivity index (χ2n) is 10.2. The van der Waals surface area contributed by atoms with Gasteiger partial charge in [-0.1, -0.05) is 99.8 Å². The minimum atomic E-state index is -0.670. The van der Waals surface area contributed by atoms with E-state index in [0.717, 1.165) is 64.2 Å². The molecule has 0 radical (unpaired) electrons. The molecule has 0 aliphatic rings. The van der Waals surface area contributed by atoms with E-state index in [1.807, 2.05) is 13.8 Å². The molecule has 0 saturated carbocycles. The van der Waals surface area contributed by atoms with Crippen LogP contribution < -0.4 is 0 Å². The molecule has 0 spiro atoms. The Morgan fingerprint density at radius 3 is 1.16 bits per heavy atom. The summed E-state index contributed by atoms with van der Waals surface area (Å²) in [5, 5.41) is 42.3. The van der Waals surface area contributed by atoms with Crippen LogP contribution in [0.3, 0.4) is 0 Å². The highest BCUT2D eigenvalue weighted by Gasteiger charge is 2.14. The van der Waals surface area contributed by atoms with Gasteiger partial charge < -0.3 is 25.5 Å². The number of aliphatic hydroxyl groups excluding tert-OH is 2. The number of aliphatic hydroxyl groups is 2. The third-order valence-electron chi connectivity index (χ3n) is 5.85. The molecule has 2 unspecified atom stereocenters. The van der Waals surface area contributed by atoms with E-state index in [4.69, 9.17) is 25.5 Å². The van der Waals surface area contributed by atoms with Gasteiger partial charge in [-0.2, -0.15) is 0 Å². The molecule has 0 fully saturated rings. The summed E-state index contributed by atoms with van der Waals surface area (Å²) in [4.78, 5) is 30.9. The van der Waals surface area contributed by atoms with Gasteiger partial charge in [0.15, 0.2) is 0 Å². The largest absolute Gasteiger partial charge is 0.481 e. The van der Waals surface area contributed by atoms with Crippen molar-refractivity contribution in [2.45, 2.75) is 138 Å². The average Bonchev–Trinajstić information content (AvgIpc) is 2.85. The van der Waals surface area contributed by atoms with Crippen LogP contribution in [0, 0.1) is 17.3 Å². The molecule has 0 amide bonds. The van der Waals surface area contributed by atoms with Gasteiger partial charge in [0.05, 0.1) is 25.0 Å². The average molecular weight is 537 g/mol. The Bertz CT molecular complexity index is 488. The lowest BCUT2D eigenvalue weighted by atomic mass is 9.97. The Labute approximate surface area is 226 Å². The highest BCUT2D eigenvalue weighted by Crippen LogP contribution is 2.13. The number of carboxylic acids is 3. The van der Waals surface area contributed by atoms with Crippen LogP contribution in [0.1, 0.15) is 138 Å². The van der Waals surface area contributed by atoms with E-state index in [1.165, 1.54) is 19.3 Å². The summed E-state index contributed by atoms with van der Waals surface area (Å²) in [7, 11) is 0. The lowest BCUT2D eigenvalue weighted by molar-refractivity contribution is -0.143. The van der Waals surface area contributed by atoms with Crippen LogP contribution in [0.4, 0.5) is 0 Å². The Morgan fingerprint density at radius 1 is 0.595 bits per heavy atom. The zero-order valence-corrected chi connectivity index (χ0v) is 24.9. The maximum atomic E-state index is 10.4. The first kappa shape index (κ1) is 42.4. The number of carboxylic acid groups (broad SMARTS) is 3. The molecule has 37 heavy (non-hydrogen) atoms. The molecule has 0 heterocycles. The number of rotatable bonds is 18. The maximum Gasteiger partial charge on any atom is 0.306 e. The number of hydrogen-bond donors (Lipinski definition) is 5. The van der Waals surface area contributed by atoms with Crippen molar-refractivity contribution in [1.29, 1.82) is 0 Å². The number of hydrogen-bond acceptors (Lipinski definition) is 5. The normalized spacial score (nSPS) is 11.9. The summed E-state index contributed by atoms with van der Waals surface area (Å²) in [6.45, 7) is 13.8. The number of unbranched alkanes of at least 4 members (excludes halogenated alkanes) is 6. The zero-order chi connectivity index (χ0) is 29.7. The molecule has 0 saturated heterocycles. The predicted octanol–water partition coefficient (Wildman–Crippen LogP) is 7.00. The van der Waals surface area contributed by atoms with Crippen LogP contribution >= 0.6 is 0 Å². The molecule has 0 rings (SSSR count). The van der Waals surface area contributed by atoms with Crippen LogP contribution in [0.5, 0.6) is 0 Å². The highest BCUT2D eigenvalue weighted by molar-refractivity contribution is 5.70. The minimum Gasteiger partial charge on any atom is -0.481 e. The molecule has 0 aromatic heterocycles. The predicted molar refractivity (Wildman–Crippen MR) is 151 cm³/mol. The van der Waals surface area contributed by atoms with Gasteiger partial charge in [0.2, 0.25) is 0 Å². The molecule has 8 nitrogen and oxygen atoms in total. The van der Waals surface area contributed by atoms with Crippen molar-refractivity contribution in [3.05, 3.63) is 0 Å². The second kappa shape index (κ2) is 30.6. The van der Waals surface area contributed by atoms with Gasteiger partial charge in [-0.3, -0.25) is 14.4 Å². The van der Waals surface area contributed by atoms with Crippen LogP contribution in [0.25, 0.3) is 0 Å². The van der Waals surface area contributed by atoms with Crippen LogP contribution in [0.15, 0.2) is 0 Å².